The second-order valence-electron chi connectivity index (χ2n) is 6.99. The molecule has 1 fully saturated rings. The van der Waals surface area contributed by atoms with Crippen LogP contribution in [0.1, 0.15) is 36.1 Å². The molecular formula is C18H22N2O3S. The standard InChI is InChI=1S/C18H22N2O3S/c21-18(13-7-8-24(22,23)11-13)19-10-12-5-6-17-15(9-12)14-3-1-2-4-16(14)20-17/h5-6,9,13,20H,1-4,7-8,10-11H2,(H,19,21)/t13-/m1/s1. The number of aromatic nitrogens is 1. The van der Waals surface area contributed by atoms with E-state index in [1.54, 1.807) is 0 Å². The molecule has 6 heteroatoms. The molecule has 0 radical (unpaired) electrons. The van der Waals surface area contributed by atoms with Crippen LogP contribution in [0.4, 0.5) is 0 Å². The van der Waals surface area contributed by atoms with E-state index in [1.165, 1.54) is 35.0 Å². The van der Waals surface area contributed by atoms with Crippen molar-refractivity contribution < 1.29 is 13.2 Å². The van der Waals surface area contributed by atoms with Crippen LogP contribution in [0.3, 0.4) is 0 Å². The number of carbonyl (C=O) groups excluding carboxylic acids is 1. The van der Waals surface area contributed by atoms with Crippen LogP contribution in [-0.4, -0.2) is 30.8 Å². The number of aryl methyl sites for hydroxylation is 2. The summed E-state index contributed by atoms with van der Waals surface area (Å²) in [7, 11) is -3.02. The molecule has 4 rings (SSSR count). The van der Waals surface area contributed by atoms with Crippen LogP contribution in [0.25, 0.3) is 10.9 Å². The second kappa shape index (κ2) is 5.92. The molecule has 2 heterocycles. The van der Waals surface area contributed by atoms with Crippen molar-refractivity contribution in [1.82, 2.24) is 10.3 Å². The average Bonchev–Trinajstić information content (AvgIpc) is 3.12. The molecule has 0 unspecified atom stereocenters. The van der Waals surface area contributed by atoms with Crippen molar-refractivity contribution >= 4 is 26.6 Å². The summed E-state index contributed by atoms with van der Waals surface area (Å²) in [5.41, 5.74) is 5.00. The van der Waals surface area contributed by atoms with Crippen LogP contribution in [-0.2, 0) is 34.0 Å². The first-order chi connectivity index (χ1) is 11.5. The van der Waals surface area contributed by atoms with E-state index < -0.39 is 15.8 Å². The Bertz CT molecular complexity index is 898. The van der Waals surface area contributed by atoms with Gasteiger partial charge in [-0.15, -0.1) is 0 Å². The van der Waals surface area contributed by atoms with Gasteiger partial charge in [0.05, 0.1) is 17.4 Å². The maximum Gasteiger partial charge on any atom is 0.224 e. The highest BCUT2D eigenvalue weighted by atomic mass is 32.2. The number of sulfone groups is 1. The molecule has 1 atom stereocenters. The summed E-state index contributed by atoms with van der Waals surface area (Å²) in [5.74, 6) is -0.415. The third-order valence-corrected chi connectivity index (χ3v) is 7.00. The first-order valence-electron chi connectivity index (χ1n) is 8.62. The van der Waals surface area contributed by atoms with E-state index in [-0.39, 0.29) is 17.4 Å². The average molecular weight is 346 g/mol. The number of hydrogen-bond donors (Lipinski definition) is 2. The lowest BCUT2D eigenvalue weighted by molar-refractivity contribution is -0.124. The molecule has 2 aliphatic rings. The molecule has 0 saturated carbocycles. The number of H-pyrrole nitrogens is 1. The van der Waals surface area contributed by atoms with Gasteiger partial charge in [0, 0.05) is 23.1 Å². The van der Waals surface area contributed by atoms with Gasteiger partial charge in [-0.3, -0.25) is 4.79 Å². The van der Waals surface area contributed by atoms with Crippen LogP contribution in [0, 0.1) is 5.92 Å². The van der Waals surface area contributed by atoms with Gasteiger partial charge in [-0.05, 0) is 55.4 Å². The quantitative estimate of drug-likeness (QED) is 0.893. The van der Waals surface area contributed by atoms with Gasteiger partial charge in [0.1, 0.15) is 0 Å². The SMILES string of the molecule is O=C(NCc1ccc2[nH]c3c(c2c1)CCCC3)[C@@H]1CCS(=O)(=O)C1. The molecule has 1 aromatic heterocycles. The van der Waals surface area contributed by atoms with E-state index in [9.17, 15) is 13.2 Å². The van der Waals surface area contributed by atoms with Crippen molar-refractivity contribution in [3.8, 4) is 0 Å². The zero-order chi connectivity index (χ0) is 16.7. The Morgan fingerprint density at radius 1 is 1.25 bits per heavy atom. The van der Waals surface area contributed by atoms with Crippen LogP contribution in [0.5, 0.6) is 0 Å². The predicted molar refractivity (Wildman–Crippen MR) is 93.5 cm³/mol. The fourth-order valence-corrected chi connectivity index (χ4v) is 5.64. The monoisotopic (exact) mass is 346 g/mol. The summed E-state index contributed by atoms with van der Waals surface area (Å²) < 4.78 is 23.0. The number of carbonyl (C=O) groups is 1. The Morgan fingerprint density at radius 2 is 2.08 bits per heavy atom. The maximum atomic E-state index is 12.2. The number of aromatic amines is 1. The molecule has 1 aliphatic carbocycles. The van der Waals surface area contributed by atoms with E-state index in [2.05, 4.69) is 22.4 Å². The number of nitrogens with one attached hydrogen (secondary N) is 2. The fraction of sp³-hybridized carbons (Fsp3) is 0.500. The van der Waals surface area contributed by atoms with E-state index in [4.69, 9.17) is 0 Å². The van der Waals surface area contributed by atoms with Gasteiger partial charge in [-0.25, -0.2) is 8.42 Å². The molecule has 0 spiro atoms. The fourth-order valence-electron chi connectivity index (χ4n) is 3.90. The van der Waals surface area contributed by atoms with Gasteiger partial charge < -0.3 is 10.3 Å². The highest BCUT2D eigenvalue weighted by Crippen LogP contribution is 2.29. The van der Waals surface area contributed by atoms with Gasteiger partial charge in [0.15, 0.2) is 9.84 Å². The maximum absolute atomic E-state index is 12.2. The van der Waals surface area contributed by atoms with Crippen LogP contribution in [0.2, 0.25) is 0 Å². The Kier molecular flexibility index (Phi) is 3.87. The van der Waals surface area contributed by atoms with E-state index >= 15 is 0 Å². The van der Waals surface area contributed by atoms with Gasteiger partial charge in [0.25, 0.3) is 0 Å². The summed E-state index contributed by atoms with van der Waals surface area (Å²) in [6, 6.07) is 6.26. The normalized spacial score (nSPS) is 22.4. The minimum atomic E-state index is -3.02. The summed E-state index contributed by atoms with van der Waals surface area (Å²) >= 11 is 0. The smallest absolute Gasteiger partial charge is 0.224 e. The lowest BCUT2D eigenvalue weighted by Crippen LogP contribution is -2.30. The van der Waals surface area contributed by atoms with Crippen LogP contribution >= 0.6 is 0 Å². The predicted octanol–water partition coefficient (Wildman–Crippen LogP) is 2.10. The van der Waals surface area contributed by atoms with Gasteiger partial charge in [-0.1, -0.05) is 6.07 Å². The first kappa shape index (κ1) is 15.7. The molecule has 24 heavy (non-hydrogen) atoms. The molecule has 1 amide bonds. The number of amides is 1. The van der Waals surface area contributed by atoms with Crippen molar-refractivity contribution in [2.75, 3.05) is 11.5 Å². The van der Waals surface area contributed by atoms with Crippen molar-refractivity contribution in [3.05, 3.63) is 35.0 Å². The second-order valence-corrected chi connectivity index (χ2v) is 9.22. The van der Waals surface area contributed by atoms with E-state index in [1.807, 2.05) is 6.07 Å². The number of fused-ring (bicyclic) bond motifs is 3. The molecule has 0 bridgehead atoms. The van der Waals surface area contributed by atoms with Crippen molar-refractivity contribution in [2.24, 2.45) is 5.92 Å². The third kappa shape index (κ3) is 2.95. The van der Waals surface area contributed by atoms with Crippen molar-refractivity contribution in [1.29, 1.82) is 0 Å². The molecule has 1 aromatic carbocycles. The molecule has 2 N–H and O–H groups in total. The zero-order valence-electron chi connectivity index (χ0n) is 13.6. The number of benzene rings is 1. The minimum absolute atomic E-state index is 0.0107. The summed E-state index contributed by atoms with van der Waals surface area (Å²) in [5, 5.41) is 4.17. The Morgan fingerprint density at radius 3 is 2.88 bits per heavy atom. The van der Waals surface area contributed by atoms with E-state index in [0.29, 0.717) is 13.0 Å². The van der Waals surface area contributed by atoms with Crippen LogP contribution in [0.15, 0.2) is 18.2 Å². The summed E-state index contributed by atoms with van der Waals surface area (Å²) in [6.45, 7) is 0.450. The lowest BCUT2D eigenvalue weighted by Gasteiger charge is -2.11. The molecular weight excluding hydrogens is 324 g/mol. The van der Waals surface area contributed by atoms with Gasteiger partial charge in [0.2, 0.25) is 5.91 Å². The summed E-state index contributed by atoms with van der Waals surface area (Å²) in [6.07, 6.45) is 5.15. The highest BCUT2D eigenvalue weighted by molar-refractivity contribution is 7.91. The Balaban J connectivity index is 1.48. The Labute approximate surface area is 141 Å². The zero-order valence-corrected chi connectivity index (χ0v) is 14.4. The molecule has 128 valence electrons. The number of hydrogen-bond acceptors (Lipinski definition) is 3. The topological polar surface area (TPSA) is 79.0 Å². The largest absolute Gasteiger partial charge is 0.358 e. The van der Waals surface area contributed by atoms with Crippen molar-refractivity contribution in [2.45, 2.75) is 38.6 Å². The van der Waals surface area contributed by atoms with E-state index in [0.717, 1.165) is 18.4 Å². The van der Waals surface area contributed by atoms with Crippen molar-refractivity contribution in [3.63, 3.8) is 0 Å². The first-order valence-corrected chi connectivity index (χ1v) is 10.4. The third-order valence-electron chi connectivity index (χ3n) is 5.23. The molecule has 1 aliphatic heterocycles. The minimum Gasteiger partial charge on any atom is -0.358 e. The number of rotatable bonds is 3. The van der Waals surface area contributed by atoms with Gasteiger partial charge >= 0.3 is 0 Å². The lowest BCUT2D eigenvalue weighted by atomic mass is 9.95. The molecule has 5 nitrogen and oxygen atoms in total. The molecule has 2 aromatic rings. The highest BCUT2D eigenvalue weighted by Gasteiger charge is 2.32. The van der Waals surface area contributed by atoms with Crippen LogP contribution < -0.4 is 5.32 Å². The summed E-state index contributed by atoms with van der Waals surface area (Å²) in [4.78, 5) is 15.7. The Hall–Kier alpha value is -1.82. The molecule has 1 saturated heterocycles. The van der Waals surface area contributed by atoms with Gasteiger partial charge in [-0.2, -0.15) is 0 Å².